The van der Waals surface area contributed by atoms with Gasteiger partial charge in [0.2, 0.25) is 0 Å². The van der Waals surface area contributed by atoms with E-state index in [9.17, 15) is 14.9 Å². The van der Waals surface area contributed by atoms with Crippen LogP contribution in [0.15, 0.2) is 0 Å². The fourth-order valence-electron chi connectivity index (χ4n) is 0.713. The second-order valence-corrected chi connectivity index (χ2v) is 2.74. The van der Waals surface area contributed by atoms with Gasteiger partial charge in [0.1, 0.15) is 0 Å². The van der Waals surface area contributed by atoms with Crippen molar-refractivity contribution >= 4 is 35.0 Å². The zero-order valence-electron chi connectivity index (χ0n) is 6.27. The summed E-state index contributed by atoms with van der Waals surface area (Å²) in [6, 6.07) is 0. The average Bonchev–Trinajstić information content (AvgIpc) is 2.01. The molecule has 0 aliphatic rings. The molecule has 0 spiro atoms. The van der Waals surface area contributed by atoms with Crippen molar-refractivity contribution in [2.75, 3.05) is 0 Å². The Bertz CT molecular complexity index is 422. The molecule has 14 heavy (non-hydrogen) atoms. The zero-order valence-corrected chi connectivity index (χ0v) is 7.78. The van der Waals surface area contributed by atoms with Crippen molar-refractivity contribution in [1.29, 1.82) is 0 Å². The van der Waals surface area contributed by atoms with Crippen LogP contribution in [-0.2, 0) is 0 Å². The van der Waals surface area contributed by atoms with Crippen molar-refractivity contribution in [2.24, 2.45) is 0 Å². The molecule has 1 heterocycles. The van der Waals surface area contributed by atoms with Crippen LogP contribution in [0.2, 0.25) is 10.4 Å². The summed E-state index contributed by atoms with van der Waals surface area (Å²) in [6.45, 7) is 0. The van der Waals surface area contributed by atoms with Crippen LogP contribution in [0.25, 0.3) is 0 Å². The summed E-state index contributed by atoms with van der Waals surface area (Å²) in [6.07, 6.45) is 0. The molecule has 0 aromatic carbocycles. The number of rotatable bonds is 2. The molecule has 0 saturated heterocycles. The monoisotopic (exact) mass is 237 g/mol. The van der Waals surface area contributed by atoms with Gasteiger partial charge in [-0.25, -0.2) is 4.79 Å². The van der Waals surface area contributed by atoms with Gasteiger partial charge in [0.05, 0.1) is 0 Å². The Balaban J connectivity index is 3.52. The number of carbonyl (C=O) groups is 1. The predicted molar refractivity (Wildman–Crippen MR) is 45.7 cm³/mol. The summed E-state index contributed by atoms with van der Waals surface area (Å²) < 4.78 is 0. The van der Waals surface area contributed by atoms with Gasteiger partial charge in [-0.15, -0.1) is 0 Å². The molecule has 1 aromatic rings. The molecule has 0 atom stereocenters. The Labute approximate surface area is 86.5 Å². The van der Waals surface area contributed by atoms with Gasteiger partial charge >= 0.3 is 17.1 Å². The first-order chi connectivity index (χ1) is 6.43. The second kappa shape index (κ2) is 3.72. The third-order valence-corrected chi connectivity index (χ3v) is 1.65. The molecule has 9 heteroatoms. The summed E-state index contributed by atoms with van der Waals surface area (Å²) >= 11 is 10.6. The van der Waals surface area contributed by atoms with E-state index >= 15 is 0 Å². The van der Waals surface area contributed by atoms with E-state index in [0.717, 1.165) is 0 Å². The van der Waals surface area contributed by atoms with E-state index in [0.29, 0.717) is 0 Å². The molecule has 0 aliphatic heterocycles. The lowest BCUT2D eigenvalue weighted by molar-refractivity contribution is -0.389. The molecule has 0 radical (unpaired) electrons. The summed E-state index contributed by atoms with van der Waals surface area (Å²) in [5.41, 5.74) is -0.777. The van der Waals surface area contributed by atoms with Gasteiger partial charge in [-0.1, -0.05) is 11.6 Å². The number of carboxylic acids is 1. The van der Waals surface area contributed by atoms with Gasteiger partial charge in [0.15, 0.2) is 10.7 Å². The molecule has 1 rings (SSSR count). The van der Waals surface area contributed by atoms with Crippen molar-refractivity contribution in [3.8, 4) is 0 Å². The van der Waals surface area contributed by atoms with Gasteiger partial charge in [-0.05, 0) is 21.5 Å². The van der Waals surface area contributed by atoms with Gasteiger partial charge in [-0.2, -0.15) is 4.98 Å². The number of halogens is 2. The Hall–Kier alpha value is -1.47. The SMILES string of the molecule is O=C(O)c1c(Cl)nc(Cl)nc1[N+](=O)[O-]. The Morgan fingerprint density at radius 3 is 2.43 bits per heavy atom. The minimum atomic E-state index is -1.58. The van der Waals surface area contributed by atoms with E-state index in [1.807, 2.05) is 0 Å². The topological polar surface area (TPSA) is 106 Å². The summed E-state index contributed by atoms with van der Waals surface area (Å²) in [7, 11) is 0. The third-order valence-electron chi connectivity index (χ3n) is 1.21. The molecular weight excluding hydrogens is 237 g/mol. The van der Waals surface area contributed by atoms with E-state index < -0.39 is 32.7 Å². The minimum absolute atomic E-state index is 0.480. The molecule has 0 amide bonds. The highest BCUT2D eigenvalue weighted by Crippen LogP contribution is 2.24. The number of nitro groups is 1. The molecule has 74 valence electrons. The van der Waals surface area contributed by atoms with Crippen LogP contribution in [-0.4, -0.2) is 26.0 Å². The minimum Gasteiger partial charge on any atom is -0.477 e. The van der Waals surface area contributed by atoms with Gasteiger partial charge in [0.25, 0.3) is 0 Å². The van der Waals surface area contributed by atoms with Crippen LogP contribution in [0.4, 0.5) is 5.82 Å². The fraction of sp³-hybridized carbons (Fsp3) is 0. The largest absolute Gasteiger partial charge is 0.477 e. The highest BCUT2D eigenvalue weighted by atomic mass is 35.5. The van der Waals surface area contributed by atoms with Crippen LogP contribution < -0.4 is 0 Å². The first-order valence-electron chi connectivity index (χ1n) is 3.04. The van der Waals surface area contributed by atoms with Crippen molar-refractivity contribution in [1.82, 2.24) is 9.97 Å². The Morgan fingerprint density at radius 1 is 1.43 bits per heavy atom. The normalized spacial score (nSPS) is 9.86. The Kier molecular flexibility index (Phi) is 2.82. The third kappa shape index (κ3) is 1.88. The van der Waals surface area contributed by atoms with E-state index in [1.54, 1.807) is 0 Å². The maximum Gasteiger partial charge on any atom is 0.384 e. The van der Waals surface area contributed by atoms with Crippen molar-refractivity contribution in [2.45, 2.75) is 0 Å². The van der Waals surface area contributed by atoms with E-state index in [4.69, 9.17) is 28.3 Å². The van der Waals surface area contributed by atoms with Crippen molar-refractivity contribution < 1.29 is 14.8 Å². The molecule has 0 bridgehead atoms. The van der Waals surface area contributed by atoms with Crippen LogP contribution in [0, 0.1) is 10.1 Å². The van der Waals surface area contributed by atoms with Crippen molar-refractivity contribution in [3.05, 3.63) is 26.1 Å². The average molecular weight is 238 g/mol. The molecule has 7 nitrogen and oxygen atoms in total. The molecule has 0 aliphatic carbocycles. The lowest BCUT2D eigenvalue weighted by Crippen LogP contribution is -2.07. The van der Waals surface area contributed by atoms with E-state index in [2.05, 4.69) is 9.97 Å². The maximum absolute atomic E-state index is 10.5. The van der Waals surface area contributed by atoms with Crippen LogP contribution in [0.1, 0.15) is 10.4 Å². The van der Waals surface area contributed by atoms with Crippen LogP contribution in [0.3, 0.4) is 0 Å². The second-order valence-electron chi connectivity index (χ2n) is 2.04. The van der Waals surface area contributed by atoms with E-state index in [-0.39, 0.29) is 0 Å². The highest BCUT2D eigenvalue weighted by Gasteiger charge is 2.27. The summed E-state index contributed by atoms with van der Waals surface area (Å²) in [5.74, 6) is -2.51. The first-order valence-corrected chi connectivity index (χ1v) is 3.79. The first kappa shape index (κ1) is 10.6. The standard InChI is InChI=1S/C5HCl2N3O4/c6-2-1(4(11)12)3(10(13)14)9-5(7)8-2/h(H,11,12). The molecular formula is C5HCl2N3O4. The molecule has 0 fully saturated rings. The summed E-state index contributed by atoms with van der Waals surface area (Å²) in [4.78, 5) is 26.3. The number of carboxylic acid groups (broad SMARTS) is 1. The van der Waals surface area contributed by atoms with Crippen molar-refractivity contribution in [3.63, 3.8) is 0 Å². The van der Waals surface area contributed by atoms with Gasteiger partial charge in [0, 0.05) is 0 Å². The maximum atomic E-state index is 10.5. The Morgan fingerprint density at radius 2 is 2.00 bits per heavy atom. The molecule has 1 N–H and O–H groups in total. The number of aromatic carboxylic acids is 1. The molecule has 1 aromatic heterocycles. The van der Waals surface area contributed by atoms with Gasteiger partial charge < -0.3 is 15.2 Å². The number of nitrogens with zero attached hydrogens (tertiary/aromatic N) is 3. The number of hydrogen-bond donors (Lipinski definition) is 1. The quantitative estimate of drug-likeness (QED) is 0.361. The number of hydrogen-bond acceptors (Lipinski definition) is 5. The van der Waals surface area contributed by atoms with Gasteiger partial charge in [-0.3, -0.25) is 0 Å². The lowest BCUT2D eigenvalue weighted by Gasteiger charge is -1.98. The molecule has 0 saturated carbocycles. The van der Waals surface area contributed by atoms with E-state index in [1.165, 1.54) is 0 Å². The fourth-order valence-corrected chi connectivity index (χ4v) is 1.17. The van der Waals surface area contributed by atoms with Crippen LogP contribution in [0.5, 0.6) is 0 Å². The number of aromatic nitrogens is 2. The molecule has 0 unspecified atom stereocenters. The zero-order chi connectivity index (χ0) is 10.9. The lowest BCUT2D eigenvalue weighted by atomic mass is 10.3. The smallest absolute Gasteiger partial charge is 0.384 e. The summed E-state index contributed by atoms with van der Waals surface area (Å²) in [5, 5.41) is 17.9. The predicted octanol–water partition coefficient (Wildman–Crippen LogP) is 1.39. The highest BCUT2D eigenvalue weighted by molar-refractivity contribution is 6.34. The van der Waals surface area contributed by atoms with Crippen LogP contribution >= 0.6 is 23.2 Å².